The Morgan fingerprint density at radius 3 is 2.19 bits per heavy atom. The Labute approximate surface area is 257 Å². The fourth-order valence-corrected chi connectivity index (χ4v) is 10.6. The zero-order valence-electron chi connectivity index (χ0n) is 25.3. The normalized spacial score (nSPS) is 13.0. The summed E-state index contributed by atoms with van der Waals surface area (Å²) in [6.45, 7) is 9.57. The zero-order valence-corrected chi connectivity index (χ0v) is 27.9. The molecule has 1 unspecified atom stereocenters. The van der Waals surface area contributed by atoms with E-state index >= 15 is 0 Å². The van der Waals surface area contributed by atoms with Gasteiger partial charge in [-0.05, 0) is 58.6 Å². The first kappa shape index (κ1) is 33.5. The van der Waals surface area contributed by atoms with E-state index in [2.05, 4.69) is 4.98 Å². The van der Waals surface area contributed by atoms with Crippen molar-refractivity contribution in [3.63, 3.8) is 0 Å². The molecule has 1 atom stereocenters. The van der Waals surface area contributed by atoms with Gasteiger partial charge in [0.15, 0.2) is 5.78 Å². The summed E-state index contributed by atoms with van der Waals surface area (Å²) < 4.78 is 50.0. The van der Waals surface area contributed by atoms with Gasteiger partial charge in [0, 0.05) is 33.6 Å². The number of aromatic amines is 1. The number of nitrogens with one attached hydrogen (secondary N) is 1. The van der Waals surface area contributed by atoms with E-state index in [0.717, 1.165) is 26.5 Å². The molecule has 2 heterocycles. The van der Waals surface area contributed by atoms with E-state index in [1.165, 1.54) is 0 Å². The number of nitrogens with zero attached hydrogens (tertiary/aromatic N) is 1. The van der Waals surface area contributed by atoms with Crippen molar-refractivity contribution < 1.29 is 32.0 Å². The third-order valence-corrected chi connectivity index (χ3v) is 12.8. The fourth-order valence-electron chi connectivity index (χ4n) is 4.94. The molecular formula is C31H40N2O7P2S. The molecule has 0 saturated heterocycles. The van der Waals surface area contributed by atoms with Crippen LogP contribution in [0.4, 0.5) is 0 Å². The third kappa shape index (κ3) is 8.20. The number of fused-ring (bicyclic) bond motifs is 1. The third-order valence-electron chi connectivity index (χ3n) is 6.87. The summed E-state index contributed by atoms with van der Waals surface area (Å²) >= 11 is 1.63. The number of aryl methyl sites for hydroxylation is 2. The first-order valence-corrected chi connectivity index (χ1v) is 18.7. The second-order valence-electron chi connectivity index (χ2n) is 9.86. The van der Waals surface area contributed by atoms with Crippen LogP contribution in [0.1, 0.15) is 66.4 Å². The van der Waals surface area contributed by atoms with E-state index in [0.29, 0.717) is 29.6 Å². The minimum Gasteiger partial charge on any atom is -0.358 e. The number of ketones is 1. The van der Waals surface area contributed by atoms with Gasteiger partial charge in [-0.1, -0.05) is 42.5 Å². The van der Waals surface area contributed by atoms with Gasteiger partial charge in [0.25, 0.3) is 0 Å². The summed E-state index contributed by atoms with van der Waals surface area (Å²) in [6.07, 6.45) is 0.666. The van der Waals surface area contributed by atoms with Crippen LogP contribution >= 0.6 is 26.5 Å². The molecule has 0 aliphatic carbocycles. The molecule has 43 heavy (non-hydrogen) atoms. The summed E-state index contributed by atoms with van der Waals surface area (Å²) in [5, 5.41) is 1.76. The van der Waals surface area contributed by atoms with Crippen molar-refractivity contribution in [3.8, 4) is 10.6 Å². The Morgan fingerprint density at radius 1 is 0.907 bits per heavy atom. The number of thiazole rings is 1. The molecule has 0 fully saturated rings. The standard InChI is InChI=1S/C31H40N2O7P2S/c1-6-37-41(35,38-7-2)21-30(42(36,39-8-3)40-9-4)28-19-24-15-16-25(20-27(24)32-28)29(34)18-17-26-22(5)43-31(33-26)23-13-11-10-12-14-23/h10-16,19-20,30,32H,6-9,17-18,21H2,1-5H3. The van der Waals surface area contributed by atoms with Crippen molar-refractivity contribution >= 4 is 43.2 Å². The molecule has 0 saturated carbocycles. The minimum absolute atomic E-state index is 0.00485. The Morgan fingerprint density at radius 2 is 1.56 bits per heavy atom. The van der Waals surface area contributed by atoms with Crippen LogP contribution in [-0.4, -0.2) is 48.3 Å². The average Bonchev–Trinajstić information content (AvgIpc) is 3.58. The van der Waals surface area contributed by atoms with Crippen molar-refractivity contribution in [1.82, 2.24) is 9.97 Å². The molecule has 9 nitrogen and oxygen atoms in total. The number of H-pyrrole nitrogens is 1. The van der Waals surface area contributed by atoms with Crippen LogP contribution in [0.5, 0.6) is 0 Å². The number of rotatable bonds is 17. The van der Waals surface area contributed by atoms with E-state index in [1.807, 2.05) is 49.4 Å². The number of benzene rings is 2. The molecule has 4 rings (SSSR count). The topological polar surface area (TPSA) is 117 Å². The molecule has 2 aromatic heterocycles. The number of aromatic nitrogens is 2. The van der Waals surface area contributed by atoms with Crippen LogP contribution in [0.25, 0.3) is 21.5 Å². The van der Waals surface area contributed by atoms with Gasteiger partial charge in [-0.15, -0.1) is 11.3 Å². The van der Waals surface area contributed by atoms with Gasteiger partial charge in [-0.2, -0.15) is 0 Å². The van der Waals surface area contributed by atoms with Crippen molar-refractivity contribution in [2.45, 2.75) is 53.1 Å². The van der Waals surface area contributed by atoms with Crippen LogP contribution in [-0.2, 0) is 33.6 Å². The average molecular weight is 647 g/mol. The van der Waals surface area contributed by atoms with Crippen LogP contribution in [0.15, 0.2) is 54.6 Å². The van der Waals surface area contributed by atoms with E-state index in [-0.39, 0.29) is 38.4 Å². The number of hydrogen-bond acceptors (Lipinski definition) is 9. The van der Waals surface area contributed by atoms with Crippen LogP contribution in [0.2, 0.25) is 0 Å². The Kier molecular flexibility index (Phi) is 11.7. The number of carbonyl (C=O) groups is 1. The predicted octanol–water partition coefficient (Wildman–Crippen LogP) is 8.99. The van der Waals surface area contributed by atoms with Gasteiger partial charge >= 0.3 is 15.2 Å². The molecule has 1 N–H and O–H groups in total. The highest BCUT2D eigenvalue weighted by molar-refractivity contribution is 7.58. The first-order valence-electron chi connectivity index (χ1n) is 14.6. The maximum atomic E-state index is 14.0. The van der Waals surface area contributed by atoms with Gasteiger partial charge in [0.1, 0.15) is 10.7 Å². The van der Waals surface area contributed by atoms with E-state index in [9.17, 15) is 13.9 Å². The van der Waals surface area contributed by atoms with Gasteiger partial charge in [-0.3, -0.25) is 13.9 Å². The lowest BCUT2D eigenvalue weighted by atomic mass is 10.0. The molecule has 12 heteroatoms. The number of Topliss-reactive ketones (excluding diaryl/α,β-unsaturated/α-hetero) is 1. The largest absolute Gasteiger partial charge is 0.358 e. The van der Waals surface area contributed by atoms with Crippen molar-refractivity contribution in [2.75, 3.05) is 32.6 Å². The van der Waals surface area contributed by atoms with E-state index in [4.69, 9.17) is 23.1 Å². The lowest BCUT2D eigenvalue weighted by Crippen LogP contribution is -2.14. The summed E-state index contributed by atoms with van der Waals surface area (Å²) in [4.78, 5) is 22.5. The fraction of sp³-hybridized carbons (Fsp3) is 0.419. The highest BCUT2D eigenvalue weighted by Crippen LogP contribution is 2.66. The summed E-state index contributed by atoms with van der Waals surface area (Å²) in [5.41, 5.74) is 2.81. The van der Waals surface area contributed by atoms with Crippen molar-refractivity contribution in [2.24, 2.45) is 0 Å². The second kappa shape index (κ2) is 15.0. The predicted molar refractivity (Wildman–Crippen MR) is 173 cm³/mol. The van der Waals surface area contributed by atoms with E-state index in [1.54, 1.807) is 51.2 Å². The van der Waals surface area contributed by atoms with Gasteiger partial charge in [0.2, 0.25) is 0 Å². The Hall–Kier alpha value is -2.42. The summed E-state index contributed by atoms with van der Waals surface area (Å²) in [7, 11) is -7.41. The molecular weight excluding hydrogens is 606 g/mol. The maximum absolute atomic E-state index is 14.0. The number of hydrogen-bond donors (Lipinski definition) is 1. The quantitative estimate of drug-likeness (QED) is 0.0892. The van der Waals surface area contributed by atoms with Crippen LogP contribution in [0.3, 0.4) is 0 Å². The molecule has 0 radical (unpaired) electrons. The molecule has 0 aliphatic heterocycles. The molecule has 0 amide bonds. The van der Waals surface area contributed by atoms with Gasteiger partial charge in [0.05, 0.1) is 38.3 Å². The van der Waals surface area contributed by atoms with E-state index < -0.39 is 20.9 Å². The van der Waals surface area contributed by atoms with Gasteiger partial charge < -0.3 is 23.1 Å². The molecule has 4 aromatic rings. The van der Waals surface area contributed by atoms with Crippen LogP contribution in [0, 0.1) is 6.92 Å². The zero-order chi connectivity index (χ0) is 31.0. The SMILES string of the molecule is CCOP(=O)(CC(c1cc2ccc(C(=O)CCc3nc(-c4ccccc4)sc3C)cc2[nH]1)P(=O)(OCC)OCC)OCC. The second-order valence-corrected chi connectivity index (χ2v) is 15.4. The summed E-state index contributed by atoms with van der Waals surface area (Å²) in [5.74, 6) is -0.00485. The highest BCUT2D eigenvalue weighted by Gasteiger charge is 2.44. The van der Waals surface area contributed by atoms with Crippen molar-refractivity contribution in [3.05, 3.63) is 76.4 Å². The highest BCUT2D eigenvalue weighted by atomic mass is 32.1. The number of carbonyl (C=O) groups excluding carboxylic acids is 1. The summed E-state index contributed by atoms with van der Waals surface area (Å²) in [6, 6.07) is 17.3. The lowest BCUT2D eigenvalue weighted by molar-refractivity contribution is 0.0982. The smallest absolute Gasteiger partial charge is 0.340 e. The van der Waals surface area contributed by atoms with Crippen molar-refractivity contribution in [1.29, 1.82) is 0 Å². The van der Waals surface area contributed by atoms with Gasteiger partial charge in [-0.25, -0.2) is 4.98 Å². The molecule has 232 valence electrons. The maximum Gasteiger partial charge on any atom is 0.340 e. The minimum atomic E-state index is -3.79. The molecule has 2 aromatic carbocycles. The lowest BCUT2D eigenvalue weighted by Gasteiger charge is -2.28. The first-order chi connectivity index (χ1) is 20.6. The Bertz CT molecular complexity index is 1600. The molecule has 0 spiro atoms. The van der Waals surface area contributed by atoms with Crippen LogP contribution < -0.4 is 0 Å². The molecule has 0 aliphatic rings. The monoisotopic (exact) mass is 646 g/mol. The Balaban J connectivity index is 1.59. The molecule has 0 bridgehead atoms.